The summed E-state index contributed by atoms with van der Waals surface area (Å²) in [6.07, 6.45) is 3.05. The monoisotopic (exact) mass is 317 g/mol. The summed E-state index contributed by atoms with van der Waals surface area (Å²) < 4.78 is 1.78. The number of aromatic amines is 1. The first-order valence-corrected chi connectivity index (χ1v) is 7.61. The number of hydrogen-bond acceptors (Lipinski definition) is 5. The van der Waals surface area contributed by atoms with E-state index in [-0.39, 0.29) is 17.6 Å². The van der Waals surface area contributed by atoms with Crippen LogP contribution in [0, 0.1) is 0 Å². The van der Waals surface area contributed by atoms with Gasteiger partial charge in [-0.25, -0.2) is 9.67 Å². The highest BCUT2D eigenvalue weighted by Crippen LogP contribution is 2.27. The molecule has 0 saturated carbocycles. The second-order valence-corrected chi connectivity index (χ2v) is 5.45. The van der Waals surface area contributed by atoms with Gasteiger partial charge < -0.3 is 5.32 Å². The van der Waals surface area contributed by atoms with Crippen molar-refractivity contribution < 1.29 is 9.59 Å². The van der Waals surface area contributed by atoms with Gasteiger partial charge in [0.05, 0.1) is 12.1 Å². The Balaban J connectivity index is 1.80. The standard InChI is InChI=1S/C14H19N7O2/c1-3-6-15-13(22)12-17-11(18-19-12)9-5-8-21-10(4-7-16-21)20(2)14(9)23/h4,7,9H,3,5-6,8H2,1-2H3,(H,15,22)(H,17,18,19). The summed E-state index contributed by atoms with van der Waals surface area (Å²) >= 11 is 0. The van der Waals surface area contributed by atoms with Gasteiger partial charge in [0.15, 0.2) is 0 Å². The van der Waals surface area contributed by atoms with Crippen LogP contribution in [0.15, 0.2) is 12.3 Å². The van der Waals surface area contributed by atoms with Crippen molar-refractivity contribution in [1.29, 1.82) is 0 Å². The Morgan fingerprint density at radius 2 is 2.35 bits per heavy atom. The molecule has 23 heavy (non-hydrogen) atoms. The van der Waals surface area contributed by atoms with Crippen LogP contribution in [-0.4, -0.2) is 50.4 Å². The van der Waals surface area contributed by atoms with E-state index in [4.69, 9.17) is 0 Å². The number of likely N-dealkylation sites (N-methyl/N-ethyl adjacent to an activating group) is 1. The van der Waals surface area contributed by atoms with E-state index in [1.807, 2.05) is 6.92 Å². The predicted molar refractivity (Wildman–Crippen MR) is 82.0 cm³/mol. The summed E-state index contributed by atoms with van der Waals surface area (Å²) in [4.78, 5) is 30.3. The van der Waals surface area contributed by atoms with E-state index in [0.29, 0.717) is 25.3 Å². The Kier molecular flexibility index (Phi) is 4.09. The zero-order valence-electron chi connectivity index (χ0n) is 13.1. The fraction of sp³-hybridized carbons (Fsp3) is 0.500. The lowest BCUT2D eigenvalue weighted by Crippen LogP contribution is -2.31. The fourth-order valence-electron chi connectivity index (χ4n) is 2.61. The number of anilines is 1. The number of fused-ring (bicyclic) bond motifs is 1. The van der Waals surface area contributed by atoms with Gasteiger partial charge in [0, 0.05) is 26.2 Å². The molecule has 122 valence electrons. The smallest absolute Gasteiger partial charge is 0.290 e. The molecule has 0 saturated heterocycles. The summed E-state index contributed by atoms with van der Waals surface area (Å²) in [6, 6.07) is 1.80. The highest BCUT2D eigenvalue weighted by molar-refractivity contribution is 5.97. The van der Waals surface area contributed by atoms with Crippen LogP contribution in [0.25, 0.3) is 0 Å². The normalized spacial score (nSPS) is 17.7. The van der Waals surface area contributed by atoms with Crippen LogP contribution in [0.3, 0.4) is 0 Å². The van der Waals surface area contributed by atoms with Crippen molar-refractivity contribution in [2.45, 2.75) is 32.2 Å². The molecular weight excluding hydrogens is 298 g/mol. The minimum atomic E-state index is -0.470. The molecule has 2 amide bonds. The van der Waals surface area contributed by atoms with Gasteiger partial charge in [0.25, 0.3) is 5.91 Å². The van der Waals surface area contributed by atoms with Crippen LogP contribution in [-0.2, 0) is 11.3 Å². The fourth-order valence-corrected chi connectivity index (χ4v) is 2.61. The predicted octanol–water partition coefficient (Wildman–Crippen LogP) is 0.291. The molecule has 9 heteroatoms. The zero-order chi connectivity index (χ0) is 16.4. The van der Waals surface area contributed by atoms with Crippen molar-refractivity contribution in [3.05, 3.63) is 23.9 Å². The van der Waals surface area contributed by atoms with Crippen LogP contribution in [0.4, 0.5) is 5.82 Å². The summed E-state index contributed by atoms with van der Waals surface area (Å²) in [5.74, 6) is 0.317. The summed E-state index contributed by atoms with van der Waals surface area (Å²) in [5.41, 5.74) is 0. The molecule has 2 aromatic heterocycles. The molecule has 1 aliphatic rings. The molecule has 0 radical (unpaired) electrons. The SMILES string of the molecule is CCCNC(=O)c1n[nH]c(C2CCn3nccc3N(C)C2=O)n1. The van der Waals surface area contributed by atoms with Gasteiger partial charge in [0.1, 0.15) is 11.6 Å². The third-order valence-electron chi connectivity index (χ3n) is 3.87. The van der Waals surface area contributed by atoms with Crippen LogP contribution in [0.5, 0.6) is 0 Å². The van der Waals surface area contributed by atoms with E-state index in [1.165, 1.54) is 0 Å². The molecule has 2 aromatic rings. The molecule has 1 aliphatic heterocycles. The molecular formula is C14H19N7O2. The van der Waals surface area contributed by atoms with Crippen molar-refractivity contribution in [3.8, 4) is 0 Å². The van der Waals surface area contributed by atoms with Gasteiger partial charge in [-0.15, -0.1) is 5.10 Å². The summed E-state index contributed by atoms with van der Waals surface area (Å²) in [6.45, 7) is 3.13. The average Bonchev–Trinajstić information content (AvgIpc) is 3.19. The van der Waals surface area contributed by atoms with Crippen LogP contribution < -0.4 is 10.2 Å². The van der Waals surface area contributed by atoms with Gasteiger partial charge >= 0.3 is 0 Å². The first-order valence-electron chi connectivity index (χ1n) is 7.61. The van der Waals surface area contributed by atoms with Crippen LogP contribution >= 0.6 is 0 Å². The zero-order valence-corrected chi connectivity index (χ0v) is 13.1. The maximum Gasteiger partial charge on any atom is 0.290 e. The Labute approximate surface area is 133 Å². The Morgan fingerprint density at radius 1 is 1.52 bits per heavy atom. The van der Waals surface area contributed by atoms with Gasteiger partial charge in [-0.1, -0.05) is 6.92 Å². The maximum absolute atomic E-state index is 12.7. The van der Waals surface area contributed by atoms with E-state index in [2.05, 4.69) is 25.6 Å². The van der Waals surface area contributed by atoms with Gasteiger partial charge in [-0.2, -0.15) is 5.10 Å². The lowest BCUT2D eigenvalue weighted by molar-refractivity contribution is -0.119. The molecule has 0 spiro atoms. The summed E-state index contributed by atoms with van der Waals surface area (Å²) in [5, 5.41) is 13.6. The van der Waals surface area contributed by atoms with E-state index < -0.39 is 5.92 Å². The molecule has 3 rings (SSSR count). The van der Waals surface area contributed by atoms with E-state index in [1.54, 1.807) is 28.9 Å². The molecule has 0 aromatic carbocycles. The molecule has 0 bridgehead atoms. The number of amides is 2. The highest BCUT2D eigenvalue weighted by Gasteiger charge is 2.32. The highest BCUT2D eigenvalue weighted by atomic mass is 16.2. The van der Waals surface area contributed by atoms with Gasteiger partial charge in [-0.3, -0.25) is 19.6 Å². The average molecular weight is 317 g/mol. The Bertz CT molecular complexity index is 720. The Hall–Kier alpha value is -2.71. The molecule has 2 N–H and O–H groups in total. The lowest BCUT2D eigenvalue weighted by Gasteiger charge is -2.17. The van der Waals surface area contributed by atoms with E-state index >= 15 is 0 Å². The van der Waals surface area contributed by atoms with Crippen LogP contribution in [0.1, 0.15) is 42.1 Å². The quantitative estimate of drug-likeness (QED) is 0.842. The molecule has 1 unspecified atom stereocenters. The number of aromatic nitrogens is 5. The number of nitrogens with one attached hydrogen (secondary N) is 2. The number of carbonyl (C=O) groups excluding carboxylic acids is 2. The minimum Gasteiger partial charge on any atom is -0.349 e. The Morgan fingerprint density at radius 3 is 3.13 bits per heavy atom. The van der Waals surface area contributed by atoms with Crippen molar-refractivity contribution in [3.63, 3.8) is 0 Å². The van der Waals surface area contributed by atoms with Crippen molar-refractivity contribution in [2.75, 3.05) is 18.5 Å². The third-order valence-corrected chi connectivity index (χ3v) is 3.87. The number of carbonyl (C=O) groups is 2. The minimum absolute atomic E-state index is 0.0610. The van der Waals surface area contributed by atoms with E-state index in [0.717, 1.165) is 12.2 Å². The largest absolute Gasteiger partial charge is 0.349 e. The maximum atomic E-state index is 12.7. The van der Waals surface area contributed by atoms with Gasteiger partial charge in [0.2, 0.25) is 11.7 Å². The molecule has 9 nitrogen and oxygen atoms in total. The van der Waals surface area contributed by atoms with Crippen LogP contribution in [0.2, 0.25) is 0 Å². The first kappa shape index (κ1) is 15.2. The second kappa shape index (κ2) is 6.19. The van der Waals surface area contributed by atoms with E-state index in [9.17, 15) is 9.59 Å². The molecule has 0 aliphatic carbocycles. The number of aryl methyl sites for hydroxylation is 1. The molecule has 0 fully saturated rings. The number of rotatable bonds is 4. The number of nitrogens with zero attached hydrogens (tertiary/aromatic N) is 5. The third kappa shape index (κ3) is 2.81. The van der Waals surface area contributed by atoms with Crippen molar-refractivity contribution >= 4 is 17.6 Å². The number of H-pyrrole nitrogens is 1. The molecule has 3 heterocycles. The molecule has 1 atom stereocenters. The number of hydrogen-bond donors (Lipinski definition) is 2. The second-order valence-electron chi connectivity index (χ2n) is 5.45. The van der Waals surface area contributed by atoms with Crippen molar-refractivity contribution in [2.24, 2.45) is 0 Å². The lowest BCUT2D eigenvalue weighted by atomic mass is 10.0. The topological polar surface area (TPSA) is 109 Å². The summed E-state index contributed by atoms with van der Waals surface area (Å²) in [7, 11) is 1.71. The first-order chi connectivity index (χ1) is 11.1. The van der Waals surface area contributed by atoms with Crippen molar-refractivity contribution in [1.82, 2.24) is 30.3 Å². The van der Waals surface area contributed by atoms with Gasteiger partial charge in [-0.05, 0) is 12.8 Å².